The van der Waals surface area contributed by atoms with Gasteiger partial charge < -0.3 is 10.2 Å². The van der Waals surface area contributed by atoms with Crippen LogP contribution in [-0.2, 0) is 19.5 Å². The minimum absolute atomic E-state index is 0.0941. The first-order chi connectivity index (χ1) is 8.39. The van der Waals surface area contributed by atoms with Gasteiger partial charge in [0.2, 0.25) is 0 Å². The second kappa shape index (κ2) is 9.18. The Kier molecular flexibility index (Phi) is 8.78. The quantitative estimate of drug-likeness (QED) is 0.402. The molecule has 104 valence electrons. The van der Waals surface area contributed by atoms with Crippen molar-refractivity contribution in [2.45, 2.75) is 0 Å². The van der Waals surface area contributed by atoms with Crippen LogP contribution in [0, 0.1) is 0 Å². The molecule has 0 aliphatic rings. The minimum Gasteiger partial charge on any atom is -0.386 e. The second-order valence-corrected chi connectivity index (χ2v) is 5.67. The molecule has 0 unspecified atom stereocenters. The molecule has 0 radical (unpaired) electrons. The third kappa shape index (κ3) is 10.4. The maximum Gasteiger partial charge on any atom is 0.261 e. The molecule has 0 saturated carbocycles. The molecule has 0 spiro atoms. The molecule has 0 atom stereocenters. The van der Waals surface area contributed by atoms with Gasteiger partial charge in [-0.1, -0.05) is 11.2 Å². The van der Waals surface area contributed by atoms with Crippen molar-refractivity contribution in [1.29, 1.82) is 0 Å². The fraction of sp³-hybridized carbons (Fsp3) is 0.556. The molecule has 0 heterocycles. The molecule has 18 heavy (non-hydrogen) atoms. The fourth-order valence-corrected chi connectivity index (χ4v) is 1.54. The van der Waals surface area contributed by atoms with Crippen molar-refractivity contribution >= 4 is 44.7 Å². The number of oxime groups is 1. The van der Waals surface area contributed by atoms with Gasteiger partial charge in [0.25, 0.3) is 5.91 Å². The van der Waals surface area contributed by atoms with Crippen molar-refractivity contribution in [2.75, 3.05) is 31.2 Å². The van der Waals surface area contributed by atoms with E-state index in [4.69, 9.17) is 28.0 Å². The summed E-state index contributed by atoms with van der Waals surface area (Å²) in [5.41, 5.74) is 0.420. The maximum absolute atomic E-state index is 11.2. The lowest BCUT2D eigenvalue weighted by Gasteiger charge is -2.02. The number of hydrogen-bond donors (Lipinski definition) is 1. The number of carbonyl (C=O) groups excluding carboxylic acids is 1. The summed E-state index contributed by atoms with van der Waals surface area (Å²) in [6.07, 6.45) is 2.38. The van der Waals surface area contributed by atoms with E-state index < -0.39 is 15.7 Å². The number of alkyl halides is 2. The summed E-state index contributed by atoms with van der Waals surface area (Å²) >= 11 is 10.9. The Morgan fingerprint density at radius 2 is 2.00 bits per heavy atom. The molecule has 0 rings (SSSR count). The van der Waals surface area contributed by atoms with Gasteiger partial charge in [0, 0.05) is 18.2 Å². The highest BCUT2D eigenvalue weighted by molar-refractivity contribution is 7.93. The maximum atomic E-state index is 11.2. The van der Waals surface area contributed by atoms with Crippen LogP contribution < -0.4 is 5.32 Å². The summed E-state index contributed by atoms with van der Waals surface area (Å²) in [5, 5.41) is 6.97. The molecule has 0 aromatic carbocycles. The van der Waals surface area contributed by atoms with E-state index in [0.29, 0.717) is 5.71 Å². The summed E-state index contributed by atoms with van der Waals surface area (Å²) < 4.78 is 21.4. The van der Waals surface area contributed by atoms with E-state index in [2.05, 4.69) is 10.5 Å². The number of nitrogens with one attached hydrogen (secondary N) is 1. The van der Waals surface area contributed by atoms with Crippen LogP contribution >= 0.6 is 23.2 Å². The summed E-state index contributed by atoms with van der Waals surface area (Å²) in [7, 11) is -3.17. The van der Waals surface area contributed by atoms with Gasteiger partial charge in [0.15, 0.2) is 16.4 Å². The molecular weight excluding hydrogens is 303 g/mol. The first kappa shape index (κ1) is 17.2. The molecule has 0 aliphatic heterocycles. The zero-order valence-electron chi connectivity index (χ0n) is 9.73. The van der Waals surface area contributed by atoms with Crippen LogP contribution in [0.15, 0.2) is 16.6 Å². The first-order valence-corrected chi connectivity index (χ1v) is 7.84. The molecule has 0 saturated heterocycles. The number of hydrogen-bond acceptors (Lipinski definition) is 5. The van der Waals surface area contributed by atoms with Crippen molar-refractivity contribution in [3.63, 3.8) is 0 Å². The second-order valence-electron chi connectivity index (χ2n) is 3.20. The van der Waals surface area contributed by atoms with Gasteiger partial charge in [-0.25, -0.2) is 8.42 Å². The predicted molar refractivity (Wildman–Crippen MR) is 71.8 cm³/mol. The van der Waals surface area contributed by atoms with Crippen LogP contribution in [0.1, 0.15) is 0 Å². The van der Waals surface area contributed by atoms with E-state index >= 15 is 0 Å². The zero-order valence-corrected chi connectivity index (χ0v) is 12.1. The van der Waals surface area contributed by atoms with Crippen molar-refractivity contribution in [1.82, 2.24) is 5.32 Å². The van der Waals surface area contributed by atoms with E-state index in [9.17, 15) is 13.2 Å². The molecular formula is C9H14Cl2N2O4S. The average Bonchev–Trinajstić information content (AvgIpc) is 2.29. The Hall–Kier alpha value is -0.790. The lowest BCUT2D eigenvalue weighted by atomic mass is 10.5. The lowest BCUT2D eigenvalue weighted by molar-refractivity contribution is -0.125. The molecule has 0 aromatic heterocycles. The highest BCUT2D eigenvalue weighted by Gasteiger charge is 2.01. The highest BCUT2D eigenvalue weighted by Crippen LogP contribution is 1.90. The van der Waals surface area contributed by atoms with Crippen molar-refractivity contribution in [3.05, 3.63) is 11.5 Å². The van der Waals surface area contributed by atoms with Gasteiger partial charge in [0.1, 0.15) is 0 Å². The normalized spacial score (nSPS) is 11.3. The standard InChI is InChI=1S/C9H14Cl2N2O4S/c1-18(15,16)4-2-3-12-9(14)7-17-13-8(5-10)6-11/h2,4H,3,5-7H2,1H3,(H,12,14)/b4-2+. The molecule has 1 amide bonds. The van der Waals surface area contributed by atoms with Crippen molar-refractivity contribution in [3.8, 4) is 0 Å². The van der Waals surface area contributed by atoms with Gasteiger partial charge >= 0.3 is 0 Å². The Labute approximate surface area is 116 Å². The largest absolute Gasteiger partial charge is 0.386 e. The van der Waals surface area contributed by atoms with Gasteiger partial charge in [-0.15, -0.1) is 23.2 Å². The van der Waals surface area contributed by atoms with Crippen molar-refractivity contribution < 1.29 is 18.0 Å². The van der Waals surface area contributed by atoms with E-state index in [1.54, 1.807) is 0 Å². The van der Waals surface area contributed by atoms with Crippen LogP contribution in [0.2, 0.25) is 0 Å². The van der Waals surface area contributed by atoms with E-state index in [1.165, 1.54) is 6.08 Å². The van der Waals surface area contributed by atoms with Crippen LogP contribution in [0.5, 0.6) is 0 Å². The van der Waals surface area contributed by atoms with Gasteiger partial charge in [-0.3, -0.25) is 4.79 Å². The molecule has 0 aliphatic carbocycles. The zero-order chi connectivity index (χ0) is 14.0. The number of nitrogens with zero attached hydrogens (tertiary/aromatic N) is 1. The number of amides is 1. The average molecular weight is 317 g/mol. The summed E-state index contributed by atoms with van der Waals surface area (Å²) in [6, 6.07) is 0. The smallest absolute Gasteiger partial charge is 0.261 e. The number of rotatable bonds is 8. The van der Waals surface area contributed by atoms with E-state index in [0.717, 1.165) is 11.7 Å². The van der Waals surface area contributed by atoms with Gasteiger partial charge in [0.05, 0.1) is 17.5 Å². The third-order valence-electron chi connectivity index (χ3n) is 1.46. The van der Waals surface area contributed by atoms with Gasteiger partial charge in [-0.2, -0.15) is 0 Å². The van der Waals surface area contributed by atoms with Crippen molar-refractivity contribution in [2.24, 2.45) is 5.16 Å². The van der Waals surface area contributed by atoms with Gasteiger partial charge in [-0.05, 0) is 0 Å². The van der Waals surface area contributed by atoms with Crippen LogP contribution in [0.25, 0.3) is 0 Å². The molecule has 0 bridgehead atoms. The number of sulfone groups is 1. The Bertz CT molecular complexity index is 414. The summed E-state index contributed by atoms with van der Waals surface area (Å²) in [4.78, 5) is 15.9. The van der Waals surface area contributed by atoms with Crippen LogP contribution in [0.4, 0.5) is 0 Å². The summed E-state index contributed by atoms with van der Waals surface area (Å²) in [5.74, 6) is -0.176. The Morgan fingerprint density at radius 3 is 2.50 bits per heavy atom. The molecule has 1 N–H and O–H groups in total. The Balaban J connectivity index is 3.86. The fourth-order valence-electron chi connectivity index (χ4n) is 0.713. The number of halogens is 2. The topological polar surface area (TPSA) is 84.8 Å². The summed E-state index contributed by atoms with van der Waals surface area (Å²) in [6.45, 7) is -0.194. The van der Waals surface area contributed by atoms with E-state index in [1.807, 2.05) is 0 Å². The first-order valence-electron chi connectivity index (χ1n) is 4.82. The van der Waals surface area contributed by atoms with E-state index in [-0.39, 0.29) is 24.9 Å². The van der Waals surface area contributed by atoms with Crippen LogP contribution in [0.3, 0.4) is 0 Å². The molecule has 9 heteroatoms. The third-order valence-corrected chi connectivity index (χ3v) is 2.76. The predicted octanol–water partition coefficient (Wildman–Crippen LogP) is 0.511. The molecule has 0 aromatic rings. The molecule has 0 fully saturated rings. The molecule has 6 nitrogen and oxygen atoms in total. The Morgan fingerprint density at radius 1 is 1.39 bits per heavy atom. The minimum atomic E-state index is -3.17. The monoisotopic (exact) mass is 316 g/mol. The van der Waals surface area contributed by atoms with Crippen LogP contribution in [-0.4, -0.2) is 51.2 Å². The SMILES string of the molecule is CS(=O)(=O)/C=C/CNC(=O)CON=C(CCl)CCl. The highest BCUT2D eigenvalue weighted by atomic mass is 35.5. The lowest BCUT2D eigenvalue weighted by Crippen LogP contribution is -2.27. The number of carbonyl (C=O) groups is 1.